The number of hydrogen-bond acceptors (Lipinski definition) is 3. The van der Waals surface area contributed by atoms with Gasteiger partial charge in [-0.2, -0.15) is 0 Å². The van der Waals surface area contributed by atoms with Crippen LogP contribution in [0.25, 0.3) is 0 Å². The maximum Gasteiger partial charge on any atom is 0.119 e. The van der Waals surface area contributed by atoms with Crippen LogP contribution in [0.1, 0.15) is 43.9 Å². The standard InChI is InChI=1S/C16H23NO2/c1-11(2)17-8-13-5-6-14(19-10-12-3-4-12)7-15(13)16(18)9-17/h5-7,11-12,16,18H,3-4,8-10H2,1-2H3. The van der Waals surface area contributed by atoms with E-state index in [9.17, 15) is 5.11 Å². The van der Waals surface area contributed by atoms with E-state index in [1.54, 1.807) is 0 Å². The first-order chi connectivity index (χ1) is 9.13. The summed E-state index contributed by atoms with van der Waals surface area (Å²) in [7, 11) is 0. The van der Waals surface area contributed by atoms with Gasteiger partial charge < -0.3 is 9.84 Å². The van der Waals surface area contributed by atoms with Crippen molar-refractivity contribution in [3.8, 4) is 5.75 Å². The smallest absolute Gasteiger partial charge is 0.119 e. The lowest BCUT2D eigenvalue weighted by molar-refractivity contribution is 0.0741. The molecule has 3 nitrogen and oxygen atoms in total. The first-order valence-corrected chi connectivity index (χ1v) is 7.31. The maximum absolute atomic E-state index is 10.3. The van der Waals surface area contributed by atoms with Crippen LogP contribution in [0.4, 0.5) is 0 Å². The minimum Gasteiger partial charge on any atom is -0.493 e. The van der Waals surface area contributed by atoms with E-state index in [1.165, 1.54) is 18.4 Å². The van der Waals surface area contributed by atoms with Crippen molar-refractivity contribution in [2.75, 3.05) is 13.2 Å². The monoisotopic (exact) mass is 261 g/mol. The topological polar surface area (TPSA) is 32.7 Å². The molecule has 1 atom stereocenters. The van der Waals surface area contributed by atoms with Crippen molar-refractivity contribution in [1.82, 2.24) is 4.90 Å². The van der Waals surface area contributed by atoms with Gasteiger partial charge in [-0.15, -0.1) is 0 Å². The first-order valence-electron chi connectivity index (χ1n) is 7.31. The fourth-order valence-electron chi connectivity index (χ4n) is 2.61. The van der Waals surface area contributed by atoms with Crippen molar-refractivity contribution in [2.45, 2.75) is 45.4 Å². The third kappa shape index (κ3) is 2.93. The minimum atomic E-state index is -0.393. The van der Waals surface area contributed by atoms with Crippen LogP contribution in [0, 0.1) is 5.92 Å². The van der Waals surface area contributed by atoms with Crippen molar-refractivity contribution in [3.63, 3.8) is 0 Å². The highest BCUT2D eigenvalue weighted by molar-refractivity contribution is 5.38. The van der Waals surface area contributed by atoms with Crippen LogP contribution in [0.5, 0.6) is 5.75 Å². The lowest BCUT2D eigenvalue weighted by Crippen LogP contribution is -2.38. The summed E-state index contributed by atoms with van der Waals surface area (Å²) < 4.78 is 5.79. The zero-order valence-corrected chi connectivity index (χ0v) is 11.8. The van der Waals surface area contributed by atoms with E-state index < -0.39 is 6.10 Å². The van der Waals surface area contributed by atoms with Crippen LogP contribution < -0.4 is 4.74 Å². The van der Waals surface area contributed by atoms with Gasteiger partial charge in [0.05, 0.1) is 12.7 Å². The molecule has 0 saturated heterocycles. The van der Waals surface area contributed by atoms with Gasteiger partial charge in [0.25, 0.3) is 0 Å². The maximum atomic E-state index is 10.3. The third-order valence-electron chi connectivity index (χ3n) is 4.17. The summed E-state index contributed by atoms with van der Waals surface area (Å²) in [5.41, 5.74) is 2.27. The number of nitrogens with zero attached hydrogens (tertiary/aromatic N) is 1. The molecule has 19 heavy (non-hydrogen) atoms. The summed E-state index contributed by atoms with van der Waals surface area (Å²) in [6, 6.07) is 6.64. The van der Waals surface area contributed by atoms with Crippen molar-refractivity contribution in [2.24, 2.45) is 5.92 Å². The molecule has 0 bridgehead atoms. The Morgan fingerprint density at radius 3 is 2.84 bits per heavy atom. The van der Waals surface area contributed by atoms with Gasteiger partial charge in [-0.25, -0.2) is 0 Å². The molecule has 1 saturated carbocycles. The largest absolute Gasteiger partial charge is 0.493 e. The van der Waals surface area contributed by atoms with Crippen molar-refractivity contribution in [3.05, 3.63) is 29.3 Å². The highest BCUT2D eigenvalue weighted by Gasteiger charge is 2.26. The molecule has 1 N–H and O–H groups in total. The van der Waals surface area contributed by atoms with Crippen molar-refractivity contribution >= 4 is 0 Å². The van der Waals surface area contributed by atoms with Gasteiger partial charge in [0.2, 0.25) is 0 Å². The zero-order chi connectivity index (χ0) is 13.4. The van der Waals surface area contributed by atoms with E-state index in [1.807, 2.05) is 12.1 Å². The Morgan fingerprint density at radius 2 is 2.16 bits per heavy atom. The van der Waals surface area contributed by atoms with E-state index in [0.717, 1.165) is 36.9 Å². The van der Waals surface area contributed by atoms with Gasteiger partial charge >= 0.3 is 0 Å². The lowest BCUT2D eigenvalue weighted by Gasteiger charge is -2.35. The molecule has 3 heteroatoms. The first kappa shape index (κ1) is 12.9. The van der Waals surface area contributed by atoms with Crippen molar-refractivity contribution < 1.29 is 9.84 Å². The zero-order valence-electron chi connectivity index (χ0n) is 11.8. The van der Waals surface area contributed by atoms with Crippen LogP contribution in [0.2, 0.25) is 0 Å². The molecule has 1 aliphatic carbocycles. The normalized spacial score (nSPS) is 23.5. The van der Waals surface area contributed by atoms with E-state index in [-0.39, 0.29) is 0 Å². The molecule has 0 aromatic heterocycles. The van der Waals surface area contributed by atoms with Gasteiger partial charge in [0.15, 0.2) is 0 Å². The Bertz CT molecular complexity index is 454. The fraction of sp³-hybridized carbons (Fsp3) is 0.625. The van der Waals surface area contributed by atoms with Gasteiger partial charge in [0, 0.05) is 19.1 Å². The van der Waals surface area contributed by atoms with E-state index in [2.05, 4.69) is 24.8 Å². The summed E-state index contributed by atoms with van der Waals surface area (Å²) in [5, 5.41) is 10.3. The second kappa shape index (κ2) is 5.14. The Labute approximate surface area is 115 Å². The highest BCUT2D eigenvalue weighted by atomic mass is 16.5. The van der Waals surface area contributed by atoms with Gasteiger partial charge in [0.1, 0.15) is 5.75 Å². The number of aliphatic hydroxyl groups excluding tert-OH is 1. The molecule has 104 valence electrons. The molecule has 0 spiro atoms. The second-order valence-corrected chi connectivity index (χ2v) is 6.15. The molecule has 1 aliphatic heterocycles. The van der Waals surface area contributed by atoms with E-state index in [0.29, 0.717) is 6.04 Å². The Hall–Kier alpha value is -1.06. The molecule has 1 aromatic carbocycles. The van der Waals surface area contributed by atoms with E-state index >= 15 is 0 Å². The molecular weight excluding hydrogens is 238 g/mol. The molecule has 2 aliphatic rings. The number of benzene rings is 1. The van der Waals surface area contributed by atoms with Gasteiger partial charge in [-0.05, 0) is 55.9 Å². The molecular formula is C16H23NO2. The minimum absolute atomic E-state index is 0.393. The van der Waals surface area contributed by atoms with Crippen molar-refractivity contribution in [1.29, 1.82) is 0 Å². The molecule has 1 fully saturated rings. The second-order valence-electron chi connectivity index (χ2n) is 6.15. The van der Waals surface area contributed by atoms with Crippen LogP contribution >= 0.6 is 0 Å². The molecule has 3 rings (SSSR count). The fourth-order valence-corrected chi connectivity index (χ4v) is 2.61. The summed E-state index contributed by atoms with van der Waals surface area (Å²) in [6.45, 7) is 6.81. The SMILES string of the molecule is CC(C)N1Cc2ccc(OCC3CC3)cc2C(O)C1. The molecule has 1 heterocycles. The van der Waals surface area contributed by atoms with Crippen LogP contribution in [0.15, 0.2) is 18.2 Å². The predicted molar refractivity (Wildman–Crippen MR) is 75.2 cm³/mol. The number of β-amino-alcohol motifs (C(OH)–C–C–N with tert-alkyl or cyclic N) is 1. The molecule has 0 radical (unpaired) electrons. The van der Waals surface area contributed by atoms with E-state index in [4.69, 9.17) is 4.74 Å². The number of hydrogen-bond donors (Lipinski definition) is 1. The van der Waals surface area contributed by atoms with Gasteiger partial charge in [-0.3, -0.25) is 4.90 Å². The van der Waals surface area contributed by atoms with Crippen LogP contribution in [0.3, 0.4) is 0 Å². The Balaban J connectivity index is 1.74. The number of aliphatic hydroxyl groups is 1. The lowest BCUT2D eigenvalue weighted by atomic mass is 9.96. The summed E-state index contributed by atoms with van der Waals surface area (Å²) in [4.78, 5) is 2.30. The predicted octanol–water partition coefficient (Wildman–Crippen LogP) is 2.73. The highest BCUT2D eigenvalue weighted by Crippen LogP contribution is 2.33. The quantitative estimate of drug-likeness (QED) is 0.904. The molecule has 1 unspecified atom stereocenters. The number of rotatable bonds is 4. The number of ether oxygens (including phenoxy) is 1. The third-order valence-corrected chi connectivity index (χ3v) is 4.17. The van der Waals surface area contributed by atoms with Crippen LogP contribution in [-0.2, 0) is 6.54 Å². The summed E-state index contributed by atoms with van der Waals surface area (Å²) in [5.74, 6) is 1.67. The Morgan fingerprint density at radius 1 is 1.37 bits per heavy atom. The summed E-state index contributed by atoms with van der Waals surface area (Å²) >= 11 is 0. The average molecular weight is 261 g/mol. The summed E-state index contributed by atoms with van der Waals surface area (Å²) in [6.07, 6.45) is 2.21. The molecule has 0 amide bonds. The van der Waals surface area contributed by atoms with Gasteiger partial charge in [-0.1, -0.05) is 6.07 Å². The van der Waals surface area contributed by atoms with Crippen LogP contribution in [-0.4, -0.2) is 29.2 Å². The Kier molecular flexibility index (Phi) is 3.50. The average Bonchev–Trinajstić information content (AvgIpc) is 3.20. The number of fused-ring (bicyclic) bond motifs is 1. The molecule has 1 aromatic rings.